The first kappa shape index (κ1) is 23.5. The lowest BCUT2D eigenvalue weighted by Crippen LogP contribution is -2.42. The van der Waals surface area contributed by atoms with Crippen molar-refractivity contribution in [2.75, 3.05) is 13.2 Å². The lowest BCUT2D eigenvalue weighted by molar-refractivity contribution is -0.172. The van der Waals surface area contributed by atoms with Gasteiger partial charge in [0.15, 0.2) is 5.41 Å². The highest BCUT2D eigenvalue weighted by atomic mass is 79.9. The van der Waals surface area contributed by atoms with Crippen LogP contribution in [0.25, 0.3) is 0 Å². The lowest BCUT2D eigenvalue weighted by Gasteiger charge is -2.28. The maximum atomic E-state index is 12.5. The molecule has 140 valence electrons. The Hall–Kier alpha value is -1.54. The zero-order valence-corrected chi connectivity index (χ0v) is 17.0. The average molecular weight is 413 g/mol. The Labute approximate surface area is 160 Å². The zero-order valence-electron chi connectivity index (χ0n) is 15.4. The van der Waals surface area contributed by atoms with Crippen molar-refractivity contribution in [3.63, 3.8) is 0 Å². The number of esters is 2. The van der Waals surface area contributed by atoms with Crippen molar-refractivity contribution in [3.8, 4) is 11.8 Å². The first-order chi connectivity index (χ1) is 11.9. The van der Waals surface area contributed by atoms with Crippen LogP contribution < -0.4 is 0 Å². The van der Waals surface area contributed by atoms with Gasteiger partial charge in [0.05, 0.1) is 13.2 Å². The highest BCUT2D eigenvalue weighted by molar-refractivity contribution is 9.11. The quantitative estimate of drug-likeness (QED) is 0.150. The number of carbonyl (C=O) groups excluding carboxylic acids is 2. The first-order valence-corrected chi connectivity index (χ1v) is 9.48. The molecule has 0 saturated heterocycles. The van der Waals surface area contributed by atoms with E-state index in [-0.39, 0.29) is 26.1 Å². The predicted molar refractivity (Wildman–Crippen MR) is 104 cm³/mol. The molecule has 0 saturated carbocycles. The van der Waals surface area contributed by atoms with Gasteiger partial charge in [-0.25, -0.2) is 0 Å². The normalized spacial score (nSPS) is 10.4. The maximum absolute atomic E-state index is 12.5. The van der Waals surface area contributed by atoms with E-state index in [1.807, 2.05) is 6.08 Å². The molecule has 4 nitrogen and oxygen atoms in total. The van der Waals surface area contributed by atoms with Crippen molar-refractivity contribution in [1.29, 1.82) is 0 Å². The summed E-state index contributed by atoms with van der Waals surface area (Å²) in [6.45, 7) is 11.3. The van der Waals surface area contributed by atoms with E-state index in [0.29, 0.717) is 10.9 Å². The molecule has 0 rings (SSSR count). The standard InChI is InChI=1S/C20H29BrO4/c1-5-8-9-10-11-12-13-14-15-20(16-17(4)21,18(22)24-6-2)19(23)25-7-3/h5H,1,4,6-11,14-16H2,2-3H3. The number of ether oxygens (including phenoxy) is 2. The van der Waals surface area contributed by atoms with Gasteiger partial charge in [0.1, 0.15) is 0 Å². The molecule has 0 aromatic carbocycles. The van der Waals surface area contributed by atoms with Crippen LogP contribution in [0.4, 0.5) is 0 Å². The van der Waals surface area contributed by atoms with E-state index >= 15 is 0 Å². The van der Waals surface area contributed by atoms with Crippen molar-refractivity contribution >= 4 is 27.9 Å². The highest BCUT2D eigenvalue weighted by Gasteiger charge is 2.48. The number of unbranched alkanes of at least 4 members (excludes halogenated alkanes) is 3. The van der Waals surface area contributed by atoms with Crippen LogP contribution in [0.15, 0.2) is 23.7 Å². The monoisotopic (exact) mass is 412 g/mol. The second-order valence-corrected chi connectivity index (χ2v) is 6.73. The summed E-state index contributed by atoms with van der Waals surface area (Å²) in [7, 11) is 0. The Bertz CT molecular complexity index is 496. The molecule has 0 aromatic heterocycles. The van der Waals surface area contributed by atoms with Crippen molar-refractivity contribution in [3.05, 3.63) is 23.7 Å². The molecular weight excluding hydrogens is 384 g/mol. The smallest absolute Gasteiger partial charge is 0.323 e. The average Bonchev–Trinajstić information content (AvgIpc) is 2.56. The fraction of sp³-hybridized carbons (Fsp3) is 0.600. The van der Waals surface area contributed by atoms with E-state index < -0.39 is 17.4 Å². The van der Waals surface area contributed by atoms with Crippen LogP contribution in [0, 0.1) is 17.3 Å². The Morgan fingerprint density at radius 3 is 2.12 bits per heavy atom. The summed E-state index contributed by atoms with van der Waals surface area (Å²) in [4.78, 5) is 25.0. The van der Waals surface area contributed by atoms with Crippen LogP contribution in [0.5, 0.6) is 0 Å². The van der Waals surface area contributed by atoms with Crippen LogP contribution in [-0.2, 0) is 19.1 Å². The van der Waals surface area contributed by atoms with E-state index in [9.17, 15) is 9.59 Å². The lowest BCUT2D eigenvalue weighted by atomic mass is 9.80. The van der Waals surface area contributed by atoms with Crippen LogP contribution in [0.2, 0.25) is 0 Å². The summed E-state index contributed by atoms with van der Waals surface area (Å²) in [5, 5.41) is 0. The largest absolute Gasteiger partial charge is 0.465 e. The van der Waals surface area contributed by atoms with Crippen LogP contribution >= 0.6 is 15.9 Å². The minimum Gasteiger partial charge on any atom is -0.465 e. The van der Waals surface area contributed by atoms with E-state index in [1.165, 1.54) is 0 Å². The van der Waals surface area contributed by atoms with Gasteiger partial charge in [0, 0.05) is 19.3 Å². The molecule has 0 spiro atoms. The third-order valence-electron chi connectivity index (χ3n) is 3.59. The van der Waals surface area contributed by atoms with Gasteiger partial charge in [-0.15, -0.1) is 18.4 Å². The summed E-state index contributed by atoms with van der Waals surface area (Å²) in [6.07, 6.45) is 6.55. The Morgan fingerprint density at radius 2 is 1.64 bits per heavy atom. The summed E-state index contributed by atoms with van der Waals surface area (Å²) >= 11 is 3.25. The SMILES string of the molecule is C=CCCCCC#CCCC(CC(=C)Br)(C(=O)OCC)C(=O)OCC. The minimum absolute atomic E-state index is 0.131. The number of hydrogen-bond acceptors (Lipinski definition) is 4. The fourth-order valence-corrected chi connectivity index (χ4v) is 2.82. The summed E-state index contributed by atoms with van der Waals surface area (Å²) in [6, 6.07) is 0. The molecule has 0 unspecified atom stereocenters. The number of rotatable bonds is 12. The molecular formula is C20H29BrO4. The van der Waals surface area contributed by atoms with E-state index in [2.05, 4.69) is 40.9 Å². The van der Waals surface area contributed by atoms with Crippen LogP contribution in [0.1, 0.15) is 58.8 Å². The second-order valence-electron chi connectivity index (χ2n) is 5.61. The summed E-state index contributed by atoms with van der Waals surface area (Å²) < 4.78 is 10.8. The molecule has 0 aliphatic heterocycles. The Balaban J connectivity index is 5.06. The van der Waals surface area contributed by atoms with Gasteiger partial charge >= 0.3 is 11.9 Å². The fourth-order valence-electron chi connectivity index (χ4n) is 2.34. The first-order valence-electron chi connectivity index (χ1n) is 8.68. The van der Waals surface area contributed by atoms with E-state index in [0.717, 1.165) is 25.7 Å². The molecule has 0 amide bonds. The van der Waals surface area contributed by atoms with Gasteiger partial charge < -0.3 is 9.47 Å². The number of allylic oxidation sites excluding steroid dienone is 2. The molecule has 25 heavy (non-hydrogen) atoms. The molecule has 0 heterocycles. The van der Waals surface area contributed by atoms with Crippen LogP contribution in [-0.4, -0.2) is 25.2 Å². The number of carbonyl (C=O) groups is 2. The van der Waals surface area contributed by atoms with Gasteiger partial charge in [0.2, 0.25) is 0 Å². The molecule has 0 bridgehead atoms. The molecule has 0 aliphatic rings. The molecule has 0 atom stereocenters. The highest BCUT2D eigenvalue weighted by Crippen LogP contribution is 2.36. The Morgan fingerprint density at radius 1 is 1.08 bits per heavy atom. The molecule has 0 fully saturated rings. The van der Waals surface area contributed by atoms with Crippen molar-refractivity contribution in [2.24, 2.45) is 5.41 Å². The topological polar surface area (TPSA) is 52.6 Å². The third kappa shape index (κ3) is 8.92. The summed E-state index contributed by atoms with van der Waals surface area (Å²) in [5.74, 6) is 4.97. The van der Waals surface area contributed by atoms with Crippen LogP contribution in [0.3, 0.4) is 0 Å². The van der Waals surface area contributed by atoms with Gasteiger partial charge in [0.25, 0.3) is 0 Å². The second kappa shape index (κ2) is 13.7. The van der Waals surface area contributed by atoms with Crippen molar-refractivity contribution in [2.45, 2.75) is 58.8 Å². The molecule has 0 radical (unpaired) electrons. The Kier molecular flexibility index (Phi) is 12.9. The van der Waals surface area contributed by atoms with Gasteiger partial charge in [-0.05, 0) is 44.0 Å². The van der Waals surface area contributed by atoms with E-state index in [4.69, 9.17) is 9.47 Å². The molecule has 0 aromatic rings. The third-order valence-corrected chi connectivity index (χ3v) is 3.87. The molecule has 0 N–H and O–H groups in total. The number of halogens is 1. The van der Waals surface area contributed by atoms with E-state index in [1.54, 1.807) is 13.8 Å². The summed E-state index contributed by atoms with van der Waals surface area (Å²) in [5.41, 5.74) is -1.40. The maximum Gasteiger partial charge on any atom is 0.323 e. The molecule has 5 heteroatoms. The zero-order chi connectivity index (χ0) is 19.1. The minimum atomic E-state index is -1.40. The van der Waals surface area contributed by atoms with Crippen molar-refractivity contribution in [1.82, 2.24) is 0 Å². The molecule has 0 aliphatic carbocycles. The van der Waals surface area contributed by atoms with Crippen molar-refractivity contribution < 1.29 is 19.1 Å². The number of hydrogen-bond donors (Lipinski definition) is 0. The van der Waals surface area contributed by atoms with Gasteiger partial charge in [-0.2, -0.15) is 0 Å². The predicted octanol–water partition coefficient (Wildman–Crippen LogP) is 4.93. The van der Waals surface area contributed by atoms with Gasteiger partial charge in [-0.1, -0.05) is 28.6 Å². The van der Waals surface area contributed by atoms with Gasteiger partial charge in [-0.3, -0.25) is 9.59 Å².